The van der Waals surface area contributed by atoms with Crippen molar-refractivity contribution in [3.8, 4) is 0 Å². The van der Waals surface area contributed by atoms with Gasteiger partial charge in [-0.2, -0.15) is 0 Å². The van der Waals surface area contributed by atoms with Gasteiger partial charge in [0.25, 0.3) is 0 Å². The number of hydrogen-bond donors (Lipinski definition) is 3. The fourth-order valence-electron chi connectivity index (χ4n) is 4.50. The second-order valence-electron chi connectivity index (χ2n) is 8.61. The van der Waals surface area contributed by atoms with E-state index >= 15 is 0 Å². The molecule has 0 spiro atoms. The van der Waals surface area contributed by atoms with E-state index in [9.17, 15) is 4.79 Å². The molecule has 3 rings (SSSR count). The molecule has 2 aliphatic heterocycles. The van der Waals surface area contributed by atoms with E-state index in [1.807, 2.05) is 19.3 Å². The van der Waals surface area contributed by atoms with Gasteiger partial charge in [0.05, 0.1) is 0 Å². The van der Waals surface area contributed by atoms with Gasteiger partial charge in [-0.3, -0.25) is 9.79 Å². The topological polar surface area (TPSA) is 98.9 Å². The number of nitrogens with one attached hydrogen (secondary N) is 2. The maximum atomic E-state index is 11.4. The van der Waals surface area contributed by atoms with Crippen LogP contribution in [0, 0.1) is 5.92 Å². The van der Waals surface area contributed by atoms with Crippen LogP contribution >= 0.6 is 0 Å². The quantitative estimate of drug-likeness (QED) is 0.331. The standard InChI is InChI=1S/C23H39N7O/c1-25-23(27-12-7-15-29-13-4-2-3-5-14-29)28-18-20-8-6-11-26-22(20)30-16-9-19(10-17-30)21(24)31/h6,8,11,19H,2-5,7,9-10,12-18H2,1H3,(H2,24,31)(H2,25,27,28). The molecule has 2 aliphatic rings. The Morgan fingerprint density at radius 3 is 2.58 bits per heavy atom. The summed E-state index contributed by atoms with van der Waals surface area (Å²) in [7, 11) is 1.81. The van der Waals surface area contributed by atoms with Crippen LogP contribution in [-0.2, 0) is 11.3 Å². The molecule has 0 saturated carbocycles. The molecule has 1 aromatic rings. The first kappa shape index (κ1) is 23.3. The molecule has 2 saturated heterocycles. The largest absolute Gasteiger partial charge is 0.369 e. The number of rotatable bonds is 8. The minimum absolute atomic E-state index is 0.0149. The van der Waals surface area contributed by atoms with Crippen LogP contribution in [-0.4, -0.2) is 68.1 Å². The van der Waals surface area contributed by atoms with Crippen LogP contribution < -0.4 is 21.3 Å². The lowest BCUT2D eigenvalue weighted by Gasteiger charge is -2.32. The second-order valence-corrected chi connectivity index (χ2v) is 8.61. The van der Waals surface area contributed by atoms with Gasteiger partial charge in [0.1, 0.15) is 5.82 Å². The molecule has 31 heavy (non-hydrogen) atoms. The maximum Gasteiger partial charge on any atom is 0.220 e. The number of aromatic nitrogens is 1. The molecular weight excluding hydrogens is 390 g/mol. The van der Waals surface area contributed by atoms with Crippen molar-refractivity contribution in [1.29, 1.82) is 0 Å². The van der Waals surface area contributed by atoms with E-state index in [-0.39, 0.29) is 11.8 Å². The summed E-state index contributed by atoms with van der Waals surface area (Å²) in [5.74, 6) is 1.60. The number of carbonyl (C=O) groups excluding carboxylic acids is 1. The van der Waals surface area contributed by atoms with Crippen LogP contribution in [0.4, 0.5) is 5.82 Å². The van der Waals surface area contributed by atoms with Crippen LogP contribution in [0.15, 0.2) is 23.3 Å². The lowest BCUT2D eigenvalue weighted by molar-refractivity contribution is -0.122. The zero-order chi connectivity index (χ0) is 21.9. The summed E-state index contributed by atoms with van der Waals surface area (Å²) in [6.45, 7) is 6.82. The molecule has 1 amide bonds. The van der Waals surface area contributed by atoms with E-state index in [0.29, 0.717) is 6.54 Å². The number of hydrogen-bond acceptors (Lipinski definition) is 5. The van der Waals surface area contributed by atoms with E-state index in [4.69, 9.17) is 5.73 Å². The van der Waals surface area contributed by atoms with Crippen molar-refractivity contribution in [2.45, 2.75) is 51.5 Å². The highest BCUT2D eigenvalue weighted by Crippen LogP contribution is 2.24. The van der Waals surface area contributed by atoms with Crippen molar-refractivity contribution in [2.24, 2.45) is 16.6 Å². The molecule has 8 heteroatoms. The number of anilines is 1. The third-order valence-corrected chi connectivity index (χ3v) is 6.38. The third kappa shape index (κ3) is 7.38. The zero-order valence-electron chi connectivity index (χ0n) is 19.0. The highest BCUT2D eigenvalue weighted by Gasteiger charge is 2.25. The molecular formula is C23H39N7O. The van der Waals surface area contributed by atoms with Crippen molar-refractivity contribution in [3.63, 3.8) is 0 Å². The number of likely N-dealkylation sites (tertiary alicyclic amines) is 1. The number of aliphatic imine (C=N–C) groups is 1. The Bertz CT molecular complexity index is 708. The number of carbonyl (C=O) groups is 1. The van der Waals surface area contributed by atoms with E-state index in [1.165, 1.54) is 38.8 Å². The minimum atomic E-state index is -0.187. The molecule has 0 unspecified atom stereocenters. The summed E-state index contributed by atoms with van der Waals surface area (Å²) >= 11 is 0. The molecule has 0 atom stereocenters. The average Bonchev–Trinajstić information content (AvgIpc) is 3.08. The van der Waals surface area contributed by atoms with Gasteiger partial charge in [-0.1, -0.05) is 18.9 Å². The molecule has 3 heterocycles. The first-order chi connectivity index (χ1) is 15.2. The maximum absolute atomic E-state index is 11.4. The van der Waals surface area contributed by atoms with Crippen molar-refractivity contribution in [2.75, 3.05) is 51.2 Å². The number of nitrogens with zero attached hydrogens (tertiary/aromatic N) is 4. The van der Waals surface area contributed by atoms with Crippen LogP contribution in [0.5, 0.6) is 0 Å². The minimum Gasteiger partial charge on any atom is -0.369 e. The second kappa shape index (κ2) is 12.5. The van der Waals surface area contributed by atoms with Crippen LogP contribution in [0.3, 0.4) is 0 Å². The molecule has 0 radical (unpaired) electrons. The first-order valence-corrected chi connectivity index (χ1v) is 11.8. The number of pyridine rings is 1. The summed E-state index contributed by atoms with van der Waals surface area (Å²) in [5, 5.41) is 6.86. The summed E-state index contributed by atoms with van der Waals surface area (Å²) in [6, 6.07) is 4.07. The van der Waals surface area contributed by atoms with Gasteiger partial charge in [-0.05, 0) is 57.8 Å². The number of guanidine groups is 1. The Hall–Kier alpha value is -2.35. The molecule has 1 aromatic heterocycles. The average molecular weight is 430 g/mol. The highest BCUT2D eigenvalue weighted by atomic mass is 16.1. The van der Waals surface area contributed by atoms with Crippen LogP contribution in [0.1, 0.15) is 50.5 Å². The lowest BCUT2D eigenvalue weighted by Crippen LogP contribution is -2.40. The Morgan fingerprint density at radius 1 is 1.16 bits per heavy atom. The van der Waals surface area contributed by atoms with Gasteiger partial charge in [0.15, 0.2) is 5.96 Å². The first-order valence-electron chi connectivity index (χ1n) is 11.8. The van der Waals surface area contributed by atoms with E-state index in [1.54, 1.807) is 0 Å². The predicted molar refractivity (Wildman–Crippen MR) is 126 cm³/mol. The van der Waals surface area contributed by atoms with Crippen molar-refractivity contribution < 1.29 is 4.79 Å². The van der Waals surface area contributed by atoms with Gasteiger partial charge < -0.3 is 26.2 Å². The van der Waals surface area contributed by atoms with Gasteiger partial charge >= 0.3 is 0 Å². The number of piperidine rings is 1. The number of primary amides is 1. The van der Waals surface area contributed by atoms with E-state index in [0.717, 1.165) is 62.8 Å². The lowest BCUT2D eigenvalue weighted by atomic mass is 9.96. The summed E-state index contributed by atoms with van der Waals surface area (Å²) in [5.41, 5.74) is 6.60. The normalized spacial score (nSPS) is 19.1. The molecule has 0 bridgehead atoms. The third-order valence-electron chi connectivity index (χ3n) is 6.38. The summed E-state index contributed by atoms with van der Waals surface area (Å²) < 4.78 is 0. The fraction of sp³-hybridized carbons (Fsp3) is 0.696. The molecule has 4 N–H and O–H groups in total. The predicted octanol–water partition coefficient (Wildman–Crippen LogP) is 1.71. The SMILES string of the molecule is CN=C(NCCCN1CCCCCC1)NCc1cccnc1N1CCC(C(N)=O)CC1. The Morgan fingerprint density at radius 2 is 1.90 bits per heavy atom. The fourth-order valence-corrected chi connectivity index (χ4v) is 4.50. The van der Waals surface area contributed by atoms with Gasteiger partial charge in [0.2, 0.25) is 5.91 Å². The van der Waals surface area contributed by atoms with Gasteiger partial charge in [0, 0.05) is 50.9 Å². The Kier molecular flexibility index (Phi) is 9.39. The highest BCUT2D eigenvalue weighted by molar-refractivity contribution is 5.79. The van der Waals surface area contributed by atoms with Gasteiger partial charge in [-0.15, -0.1) is 0 Å². The molecule has 2 fully saturated rings. The summed E-state index contributed by atoms with van der Waals surface area (Å²) in [6.07, 6.45) is 9.96. The van der Waals surface area contributed by atoms with E-state index in [2.05, 4.69) is 36.5 Å². The van der Waals surface area contributed by atoms with Crippen LogP contribution in [0.25, 0.3) is 0 Å². The summed E-state index contributed by atoms with van der Waals surface area (Å²) in [4.78, 5) is 25.3. The molecule has 0 aliphatic carbocycles. The monoisotopic (exact) mass is 429 g/mol. The Balaban J connectivity index is 1.43. The van der Waals surface area contributed by atoms with Crippen LogP contribution in [0.2, 0.25) is 0 Å². The molecule has 172 valence electrons. The van der Waals surface area contributed by atoms with Crippen molar-refractivity contribution >= 4 is 17.7 Å². The molecule has 8 nitrogen and oxygen atoms in total. The van der Waals surface area contributed by atoms with Crippen molar-refractivity contribution in [3.05, 3.63) is 23.9 Å². The smallest absolute Gasteiger partial charge is 0.220 e. The van der Waals surface area contributed by atoms with Gasteiger partial charge in [-0.25, -0.2) is 4.98 Å². The zero-order valence-corrected chi connectivity index (χ0v) is 19.0. The van der Waals surface area contributed by atoms with Crippen molar-refractivity contribution in [1.82, 2.24) is 20.5 Å². The van der Waals surface area contributed by atoms with E-state index < -0.39 is 0 Å². The number of amides is 1. The Labute approximate surface area is 186 Å². The number of nitrogens with two attached hydrogens (primary N) is 1. The molecule has 0 aromatic carbocycles.